The molecule has 0 N–H and O–H groups in total. The second-order valence-corrected chi connectivity index (χ2v) is 5.04. The van der Waals surface area contributed by atoms with Crippen molar-refractivity contribution in [3.8, 4) is 0 Å². The normalized spacial score (nSPS) is 15.9. The summed E-state index contributed by atoms with van der Waals surface area (Å²) < 4.78 is 1.12. The summed E-state index contributed by atoms with van der Waals surface area (Å²) in [6, 6.07) is 8.51. The van der Waals surface area contributed by atoms with E-state index in [1.165, 1.54) is 37.0 Å². The van der Waals surface area contributed by atoms with Crippen LogP contribution in [0.15, 0.2) is 34.9 Å². The van der Waals surface area contributed by atoms with Crippen LogP contribution in [-0.2, 0) is 0 Å². The van der Waals surface area contributed by atoms with Crippen molar-refractivity contribution in [2.24, 2.45) is 0 Å². The van der Waals surface area contributed by atoms with Gasteiger partial charge in [-0.15, -0.1) is 0 Å². The number of hydrogen-bond donors (Lipinski definition) is 0. The van der Waals surface area contributed by atoms with E-state index in [4.69, 9.17) is 0 Å². The average Bonchev–Trinajstić information content (AvgIpc) is 2.83. The zero-order chi connectivity index (χ0) is 11.0. The molecule has 1 aromatic heterocycles. The molecule has 0 atom stereocenters. The van der Waals surface area contributed by atoms with Gasteiger partial charge in [-0.25, -0.2) is 0 Å². The Morgan fingerprint density at radius 1 is 1.12 bits per heavy atom. The fourth-order valence-corrected chi connectivity index (χ4v) is 2.71. The van der Waals surface area contributed by atoms with E-state index in [2.05, 4.69) is 44.0 Å². The first-order valence-corrected chi connectivity index (χ1v) is 6.43. The molecule has 2 aromatic rings. The lowest BCUT2D eigenvalue weighted by Crippen LogP contribution is -2.17. The minimum Gasteiger partial charge on any atom is -0.372 e. The van der Waals surface area contributed by atoms with Crippen molar-refractivity contribution in [3.63, 3.8) is 0 Å². The summed E-state index contributed by atoms with van der Waals surface area (Å²) in [5.41, 5.74) is 2.37. The molecule has 2 nitrogen and oxygen atoms in total. The Bertz CT molecular complexity index is 518. The van der Waals surface area contributed by atoms with Crippen molar-refractivity contribution in [1.29, 1.82) is 0 Å². The van der Waals surface area contributed by atoms with Gasteiger partial charge in [-0.2, -0.15) is 0 Å². The van der Waals surface area contributed by atoms with Crippen molar-refractivity contribution >= 4 is 32.5 Å². The molecular formula is C13H13BrN2. The van der Waals surface area contributed by atoms with Gasteiger partial charge in [0, 0.05) is 34.8 Å². The highest BCUT2D eigenvalue weighted by atomic mass is 79.9. The topological polar surface area (TPSA) is 16.1 Å². The maximum atomic E-state index is 4.36. The Balaban J connectivity index is 2.10. The Kier molecular flexibility index (Phi) is 2.56. The van der Waals surface area contributed by atoms with Crippen LogP contribution in [0.1, 0.15) is 12.8 Å². The highest BCUT2D eigenvalue weighted by molar-refractivity contribution is 9.10. The van der Waals surface area contributed by atoms with E-state index in [0.29, 0.717) is 0 Å². The van der Waals surface area contributed by atoms with Gasteiger partial charge >= 0.3 is 0 Å². The van der Waals surface area contributed by atoms with Gasteiger partial charge in [-0.1, -0.05) is 15.9 Å². The molecule has 0 aliphatic carbocycles. The van der Waals surface area contributed by atoms with Gasteiger partial charge in [0.1, 0.15) is 0 Å². The van der Waals surface area contributed by atoms with Gasteiger partial charge in [-0.3, -0.25) is 4.98 Å². The minimum atomic E-state index is 1.05. The van der Waals surface area contributed by atoms with E-state index in [9.17, 15) is 0 Å². The van der Waals surface area contributed by atoms with Gasteiger partial charge < -0.3 is 4.90 Å². The van der Waals surface area contributed by atoms with E-state index in [0.717, 1.165) is 9.99 Å². The van der Waals surface area contributed by atoms with Crippen LogP contribution in [0.25, 0.3) is 10.9 Å². The number of anilines is 1. The fraction of sp³-hybridized carbons (Fsp3) is 0.308. The SMILES string of the molecule is Brc1ccnc2ccc(N3CCCC3)cc12. The molecule has 1 fully saturated rings. The summed E-state index contributed by atoms with van der Waals surface area (Å²) >= 11 is 3.58. The van der Waals surface area contributed by atoms with E-state index in [1.807, 2.05) is 12.3 Å². The van der Waals surface area contributed by atoms with Crippen LogP contribution < -0.4 is 4.90 Å². The number of halogens is 1. The molecule has 0 saturated carbocycles. The number of nitrogens with zero attached hydrogens (tertiary/aromatic N) is 2. The van der Waals surface area contributed by atoms with Crippen molar-refractivity contribution in [3.05, 3.63) is 34.9 Å². The third kappa shape index (κ3) is 1.69. The van der Waals surface area contributed by atoms with Crippen molar-refractivity contribution in [2.75, 3.05) is 18.0 Å². The molecule has 1 saturated heterocycles. The highest BCUT2D eigenvalue weighted by Gasteiger charge is 2.12. The number of fused-ring (bicyclic) bond motifs is 1. The first-order chi connectivity index (χ1) is 7.84. The van der Waals surface area contributed by atoms with Gasteiger partial charge in [0.2, 0.25) is 0 Å². The second-order valence-electron chi connectivity index (χ2n) is 4.19. The molecule has 0 spiro atoms. The molecule has 1 aliphatic rings. The highest BCUT2D eigenvalue weighted by Crippen LogP contribution is 2.28. The molecule has 0 radical (unpaired) electrons. The number of aromatic nitrogens is 1. The number of hydrogen-bond acceptors (Lipinski definition) is 2. The monoisotopic (exact) mass is 276 g/mol. The van der Waals surface area contributed by atoms with Crippen molar-refractivity contribution in [2.45, 2.75) is 12.8 Å². The third-order valence-corrected chi connectivity index (χ3v) is 3.83. The Labute approximate surface area is 103 Å². The Morgan fingerprint density at radius 3 is 2.75 bits per heavy atom. The standard InChI is InChI=1S/C13H13BrN2/c14-12-5-6-15-13-4-3-10(9-11(12)13)16-7-1-2-8-16/h3-6,9H,1-2,7-8H2. The maximum Gasteiger partial charge on any atom is 0.0714 e. The summed E-state index contributed by atoms with van der Waals surface area (Å²) in [7, 11) is 0. The first-order valence-electron chi connectivity index (χ1n) is 5.64. The zero-order valence-corrected chi connectivity index (χ0v) is 10.6. The first kappa shape index (κ1) is 10.1. The van der Waals surface area contributed by atoms with E-state index >= 15 is 0 Å². The summed E-state index contributed by atoms with van der Waals surface area (Å²) in [6.07, 6.45) is 4.46. The summed E-state index contributed by atoms with van der Waals surface area (Å²) in [6.45, 7) is 2.37. The third-order valence-electron chi connectivity index (χ3n) is 3.14. The molecule has 0 unspecified atom stereocenters. The maximum absolute atomic E-state index is 4.36. The predicted octanol–water partition coefficient (Wildman–Crippen LogP) is 3.60. The van der Waals surface area contributed by atoms with Crippen molar-refractivity contribution in [1.82, 2.24) is 4.98 Å². The lowest BCUT2D eigenvalue weighted by atomic mass is 10.2. The predicted molar refractivity (Wildman–Crippen MR) is 70.9 cm³/mol. The molecule has 1 aliphatic heterocycles. The van der Waals surface area contributed by atoms with Crippen LogP contribution in [0.4, 0.5) is 5.69 Å². The molecule has 0 bridgehead atoms. The largest absolute Gasteiger partial charge is 0.372 e. The van der Waals surface area contributed by atoms with E-state index in [-0.39, 0.29) is 0 Å². The van der Waals surface area contributed by atoms with Crippen LogP contribution in [0, 0.1) is 0 Å². The molecular weight excluding hydrogens is 264 g/mol. The molecule has 0 amide bonds. The lowest BCUT2D eigenvalue weighted by Gasteiger charge is -2.18. The van der Waals surface area contributed by atoms with Crippen LogP contribution in [0.5, 0.6) is 0 Å². The van der Waals surface area contributed by atoms with Crippen LogP contribution in [0.2, 0.25) is 0 Å². The lowest BCUT2D eigenvalue weighted by molar-refractivity contribution is 0.949. The Hall–Kier alpha value is -1.09. The second kappa shape index (κ2) is 4.06. The average molecular weight is 277 g/mol. The van der Waals surface area contributed by atoms with Gasteiger partial charge in [0.15, 0.2) is 0 Å². The van der Waals surface area contributed by atoms with E-state index < -0.39 is 0 Å². The summed E-state index contributed by atoms with van der Waals surface area (Å²) in [4.78, 5) is 6.80. The quantitative estimate of drug-likeness (QED) is 0.791. The number of benzene rings is 1. The molecule has 16 heavy (non-hydrogen) atoms. The zero-order valence-electron chi connectivity index (χ0n) is 8.99. The van der Waals surface area contributed by atoms with Crippen LogP contribution >= 0.6 is 15.9 Å². The van der Waals surface area contributed by atoms with Gasteiger partial charge in [0.25, 0.3) is 0 Å². The van der Waals surface area contributed by atoms with Crippen molar-refractivity contribution < 1.29 is 0 Å². The molecule has 3 heteroatoms. The smallest absolute Gasteiger partial charge is 0.0714 e. The molecule has 3 rings (SSSR count). The summed E-state index contributed by atoms with van der Waals surface area (Å²) in [5, 5.41) is 1.20. The van der Waals surface area contributed by atoms with Crippen LogP contribution in [-0.4, -0.2) is 18.1 Å². The summed E-state index contributed by atoms with van der Waals surface area (Å²) in [5.74, 6) is 0. The Morgan fingerprint density at radius 2 is 1.94 bits per heavy atom. The minimum absolute atomic E-state index is 1.05. The number of rotatable bonds is 1. The van der Waals surface area contributed by atoms with Gasteiger partial charge in [0.05, 0.1) is 5.52 Å². The molecule has 1 aromatic carbocycles. The fourth-order valence-electron chi connectivity index (χ4n) is 2.27. The molecule has 2 heterocycles. The van der Waals surface area contributed by atoms with E-state index in [1.54, 1.807) is 0 Å². The molecule has 82 valence electrons. The number of pyridine rings is 1. The van der Waals surface area contributed by atoms with Crippen LogP contribution in [0.3, 0.4) is 0 Å². The van der Waals surface area contributed by atoms with Gasteiger partial charge in [-0.05, 0) is 37.1 Å².